The average molecular weight is 399 g/mol. The molecule has 7 heteroatoms. The molecule has 0 spiro atoms. The highest BCUT2D eigenvalue weighted by Crippen LogP contribution is 2.30. The predicted molar refractivity (Wildman–Crippen MR) is 110 cm³/mol. The molecule has 0 aliphatic carbocycles. The van der Waals surface area contributed by atoms with Crippen molar-refractivity contribution in [2.75, 3.05) is 13.7 Å². The number of nitriles is 1. The number of rotatable bonds is 7. The molecule has 0 aliphatic rings. The molecule has 2 rings (SSSR count). The predicted octanol–water partition coefficient (Wildman–Crippen LogP) is 3.91. The fourth-order valence-electron chi connectivity index (χ4n) is 3.03. The third-order valence-corrected chi connectivity index (χ3v) is 4.69. The first-order chi connectivity index (χ1) is 13.4. The van der Waals surface area contributed by atoms with Crippen LogP contribution in [0.5, 0.6) is 0 Å². The van der Waals surface area contributed by atoms with E-state index in [1.807, 2.05) is 24.6 Å². The number of allylic oxidation sites excluding steroid dienone is 2. The molecule has 2 aromatic rings. The van der Waals surface area contributed by atoms with Crippen LogP contribution in [0.2, 0.25) is 5.02 Å². The summed E-state index contributed by atoms with van der Waals surface area (Å²) in [5.41, 5.74) is 5.02. The number of nitrogens with zero attached hydrogens (tertiary/aromatic N) is 3. The van der Waals surface area contributed by atoms with Gasteiger partial charge in [-0.1, -0.05) is 30.3 Å². The van der Waals surface area contributed by atoms with Gasteiger partial charge < -0.3 is 10.1 Å². The number of aryl methyl sites for hydroxylation is 1. The van der Waals surface area contributed by atoms with E-state index in [1.165, 1.54) is 0 Å². The molecule has 1 aromatic carbocycles. The van der Waals surface area contributed by atoms with Crippen molar-refractivity contribution in [1.82, 2.24) is 15.1 Å². The zero-order valence-electron chi connectivity index (χ0n) is 16.5. The van der Waals surface area contributed by atoms with Gasteiger partial charge in [0.25, 0.3) is 0 Å². The molecule has 1 aromatic heterocycles. The van der Waals surface area contributed by atoms with Gasteiger partial charge in [0.05, 0.1) is 29.4 Å². The van der Waals surface area contributed by atoms with Gasteiger partial charge in [-0.3, -0.25) is 4.68 Å². The van der Waals surface area contributed by atoms with Crippen LogP contribution in [0, 0.1) is 25.2 Å². The van der Waals surface area contributed by atoms with E-state index < -0.39 is 5.97 Å². The Morgan fingerprint density at radius 2 is 2.18 bits per heavy atom. The van der Waals surface area contributed by atoms with Gasteiger partial charge >= 0.3 is 5.97 Å². The number of hydrogen-bond acceptors (Lipinski definition) is 5. The van der Waals surface area contributed by atoms with Crippen LogP contribution in [-0.4, -0.2) is 29.4 Å². The third-order valence-electron chi connectivity index (χ3n) is 4.38. The second-order valence-corrected chi connectivity index (χ2v) is 6.49. The van der Waals surface area contributed by atoms with Crippen molar-refractivity contribution in [2.24, 2.45) is 0 Å². The van der Waals surface area contributed by atoms with E-state index in [4.69, 9.17) is 21.6 Å². The molecule has 0 aliphatic heterocycles. The van der Waals surface area contributed by atoms with Gasteiger partial charge in [-0.15, -0.1) is 0 Å². The fourth-order valence-corrected chi connectivity index (χ4v) is 3.26. The van der Waals surface area contributed by atoms with E-state index in [1.54, 1.807) is 32.2 Å². The van der Waals surface area contributed by atoms with Crippen molar-refractivity contribution >= 4 is 17.6 Å². The molecule has 0 atom stereocenters. The topological polar surface area (TPSA) is 79.9 Å². The normalized spacial score (nSPS) is 11.4. The first kappa shape index (κ1) is 21.3. The molecule has 0 amide bonds. The molecule has 0 radical (unpaired) electrons. The molecule has 0 bridgehead atoms. The maximum absolute atomic E-state index is 12.2. The molecule has 1 heterocycles. The maximum atomic E-state index is 12.2. The summed E-state index contributed by atoms with van der Waals surface area (Å²) in [4.78, 5) is 12.2. The van der Waals surface area contributed by atoms with E-state index in [2.05, 4.69) is 23.1 Å². The SMILES string of the molecule is C=C/C(Cn1nc(C)c(-c2ccc(C#N)c(Cl)c2)c1C)=C(\NC)C(=O)OCC. The number of nitrogens with one attached hydrogen (secondary N) is 1. The van der Waals surface area contributed by atoms with Gasteiger partial charge in [0.15, 0.2) is 0 Å². The fraction of sp³-hybridized carbons (Fsp3) is 0.286. The zero-order chi connectivity index (χ0) is 20.8. The Morgan fingerprint density at radius 1 is 1.46 bits per heavy atom. The van der Waals surface area contributed by atoms with Crippen molar-refractivity contribution in [1.29, 1.82) is 5.26 Å². The Labute approximate surface area is 170 Å². The molecular weight excluding hydrogens is 376 g/mol. The molecule has 28 heavy (non-hydrogen) atoms. The second-order valence-electron chi connectivity index (χ2n) is 6.08. The summed E-state index contributed by atoms with van der Waals surface area (Å²) in [5, 5.41) is 17.0. The molecule has 1 N–H and O–H groups in total. The van der Waals surface area contributed by atoms with Crippen molar-refractivity contribution in [3.63, 3.8) is 0 Å². The summed E-state index contributed by atoms with van der Waals surface area (Å²) in [6.07, 6.45) is 1.62. The number of ether oxygens (including phenoxy) is 1. The lowest BCUT2D eigenvalue weighted by atomic mass is 10.0. The third kappa shape index (κ3) is 4.26. The van der Waals surface area contributed by atoms with Crippen LogP contribution in [0.3, 0.4) is 0 Å². The molecular formula is C21H23ClN4O2. The quantitative estimate of drug-likeness (QED) is 0.434. The zero-order valence-corrected chi connectivity index (χ0v) is 17.2. The van der Waals surface area contributed by atoms with Crippen LogP contribution in [0.25, 0.3) is 11.1 Å². The Bertz CT molecular complexity index is 983. The number of likely N-dealkylation sites (N-methyl/N-ethyl adjacent to an activating group) is 1. The summed E-state index contributed by atoms with van der Waals surface area (Å²) in [5.74, 6) is -0.430. The Morgan fingerprint density at radius 3 is 2.71 bits per heavy atom. The van der Waals surface area contributed by atoms with Gasteiger partial charge in [-0.05, 0) is 38.5 Å². The molecule has 0 fully saturated rings. The number of hydrogen-bond donors (Lipinski definition) is 1. The van der Waals surface area contributed by atoms with Crippen LogP contribution in [-0.2, 0) is 16.1 Å². The highest BCUT2D eigenvalue weighted by atomic mass is 35.5. The van der Waals surface area contributed by atoms with Crippen LogP contribution in [0.4, 0.5) is 0 Å². The molecule has 0 saturated carbocycles. The van der Waals surface area contributed by atoms with Gasteiger partial charge in [0, 0.05) is 23.9 Å². The Hall–Kier alpha value is -3.04. The molecule has 0 unspecified atom stereocenters. The number of benzene rings is 1. The van der Waals surface area contributed by atoms with Gasteiger partial charge in [0.2, 0.25) is 0 Å². The van der Waals surface area contributed by atoms with E-state index in [9.17, 15) is 4.79 Å². The standard InChI is InChI=1S/C21H23ClN4O2/c1-6-15(20(24-5)21(27)28-7-2)12-26-14(4)19(13(3)25-26)16-8-9-17(11-23)18(22)10-16/h6,8-10,24H,1,7,12H2,2-5H3/b20-15+. The number of esters is 1. The van der Waals surface area contributed by atoms with Crippen molar-refractivity contribution in [3.8, 4) is 17.2 Å². The Balaban J connectivity index is 2.48. The summed E-state index contributed by atoms with van der Waals surface area (Å²) in [7, 11) is 1.67. The first-order valence-corrected chi connectivity index (χ1v) is 9.20. The van der Waals surface area contributed by atoms with E-state index in [-0.39, 0.29) is 6.61 Å². The largest absolute Gasteiger partial charge is 0.461 e. The lowest BCUT2D eigenvalue weighted by Gasteiger charge is -2.13. The smallest absolute Gasteiger partial charge is 0.354 e. The van der Waals surface area contributed by atoms with Crippen molar-refractivity contribution in [2.45, 2.75) is 27.3 Å². The Kier molecular flexibility index (Phi) is 7.02. The van der Waals surface area contributed by atoms with Crippen LogP contribution in [0.15, 0.2) is 42.1 Å². The number of carbonyl (C=O) groups is 1. The minimum Gasteiger partial charge on any atom is -0.461 e. The van der Waals surface area contributed by atoms with Crippen molar-refractivity contribution in [3.05, 3.63) is 64.1 Å². The van der Waals surface area contributed by atoms with Gasteiger partial charge in [-0.2, -0.15) is 10.4 Å². The minimum absolute atomic E-state index is 0.290. The molecule has 0 saturated heterocycles. The summed E-state index contributed by atoms with van der Waals surface area (Å²) < 4.78 is 6.91. The van der Waals surface area contributed by atoms with E-state index in [0.717, 1.165) is 22.5 Å². The van der Waals surface area contributed by atoms with Gasteiger partial charge in [0.1, 0.15) is 11.8 Å². The van der Waals surface area contributed by atoms with E-state index in [0.29, 0.717) is 28.4 Å². The monoisotopic (exact) mass is 398 g/mol. The second kappa shape index (κ2) is 9.25. The minimum atomic E-state index is -0.430. The number of carbonyl (C=O) groups excluding carboxylic acids is 1. The van der Waals surface area contributed by atoms with E-state index >= 15 is 0 Å². The lowest BCUT2D eigenvalue weighted by molar-refractivity contribution is -0.138. The first-order valence-electron chi connectivity index (χ1n) is 8.82. The summed E-state index contributed by atoms with van der Waals surface area (Å²) >= 11 is 6.19. The van der Waals surface area contributed by atoms with Crippen LogP contribution in [0.1, 0.15) is 23.9 Å². The van der Waals surface area contributed by atoms with Gasteiger partial charge in [-0.25, -0.2) is 4.79 Å². The highest BCUT2D eigenvalue weighted by Gasteiger charge is 2.18. The number of halogens is 1. The maximum Gasteiger partial charge on any atom is 0.354 e. The average Bonchev–Trinajstić information content (AvgIpc) is 2.94. The number of aromatic nitrogens is 2. The van der Waals surface area contributed by atoms with Crippen LogP contribution < -0.4 is 5.32 Å². The lowest BCUT2D eigenvalue weighted by Crippen LogP contribution is -2.22. The van der Waals surface area contributed by atoms with Crippen molar-refractivity contribution < 1.29 is 9.53 Å². The molecule has 146 valence electrons. The molecule has 6 nitrogen and oxygen atoms in total. The summed E-state index contributed by atoms with van der Waals surface area (Å²) in [6, 6.07) is 7.38. The summed E-state index contributed by atoms with van der Waals surface area (Å²) in [6.45, 7) is 10.1. The van der Waals surface area contributed by atoms with Crippen LogP contribution >= 0.6 is 11.6 Å². The highest BCUT2D eigenvalue weighted by molar-refractivity contribution is 6.32.